The lowest BCUT2D eigenvalue weighted by molar-refractivity contribution is 0.136. The van der Waals surface area contributed by atoms with Gasteiger partial charge in [-0.25, -0.2) is 0 Å². The van der Waals surface area contributed by atoms with Crippen LogP contribution in [0.5, 0.6) is 0 Å². The minimum absolute atomic E-state index is 0.760. The number of hydrogen-bond donors (Lipinski definition) is 0. The van der Waals surface area contributed by atoms with E-state index in [1.54, 1.807) is 0 Å². The van der Waals surface area contributed by atoms with E-state index in [1.165, 1.54) is 18.4 Å². The van der Waals surface area contributed by atoms with Crippen molar-refractivity contribution in [3.05, 3.63) is 35.9 Å². The van der Waals surface area contributed by atoms with Gasteiger partial charge in [0.25, 0.3) is 0 Å². The van der Waals surface area contributed by atoms with E-state index in [9.17, 15) is 0 Å². The average Bonchev–Trinajstić information content (AvgIpc) is 2.18. The summed E-state index contributed by atoms with van der Waals surface area (Å²) in [5.74, 6) is 0. The van der Waals surface area contributed by atoms with Gasteiger partial charge in [0, 0.05) is 0 Å². The van der Waals surface area contributed by atoms with Gasteiger partial charge in [-0.1, -0.05) is 35.5 Å². The molecule has 2 heteroatoms. The lowest BCUT2D eigenvalue weighted by Crippen LogP contribution is -2.05. The van der Waals surface area contributed by atoms with Crippen molar-refractivity contribution in [2.45, 2.75) is 25.7 Å². The van der Waals surface area contributed by atoms with Crippen LogP contribution in [-0.2, 0) is 4.84 Å². The minimum atomic E-state index is 0.760. The molecule has 0 spiro atoms. The Hall–Kier alpha value is -1.31. The number of oxime groups is 1. The Morgan fingerprint density at radius 3 is 2.71 bits per heavy atom. The van der Waals surface area contributed by atoms with Crippen molar-refractivity contribution in [1.29, 1.82) is 0 Å². The molecule has 0 atom stereocenters. The Labute approximate surface area is 84.6 Å². The summed E-state index contributed by atoms with van der Waals surface area (Å²) >= 11 is 0. The van der Waals surface area contributed by atoms with Crippen LogP contribution in [0.3, 0.4) is 0 Å². The van der Waals surface area contributed by atoms with Gasteiger partial charge in [0.05, 0.1) is 5.71 Å². The van der Waals surface area contributed by atoms with E-state index < -0.39 is 0 Å². The molecule has 2 rings (SSSR count). The molecule has 0 bridgehead atoms. The summed E-state index contributed by atoms with van der Waals surface area (Å²) in [6, 6.07) is 10.3. The lowest BCUT2D eigenvalue weighted by Gasteiger charge is -2.10. The molecule has 2 nitrogen and oxygen atoms in total. The first-order valence-corrected chi connectivity index (χ1v) is 5.21. The van der Waals surface area contributed by atoms with E-state index in [0.717, 1.165) is 25.2 Å². The average molecular weight is 189 g/mol. The molecule has 1 aromatic carbocycles. The van der Waals surface area contributed by atoms with Crippen LogP contribution in [-0.4, -0.2) is 12.3 Å². The topological polar surface area (TPSA) is 21.6 Å². The number of benzene rings is 1. The highest BCUT2D eigenvalue weighted by Crippen LogP contribution is 2.12. The molecular weight excluding hydrogens is 174 g/mol. The first kappa shape index (κ1) is 9.25. The second-order valence-corrected chi connectivity index (χ2v) is 3.55. The van der Waals surface area contributed by atoms with Gasteiger partial charge in [0.1, 0.15) is 6.61 Å². The van der Waals surface area contributed by atoms with Crippen LogP contribution in [0.4, 0.5) is 0 Å². The van der Waals surface area contributed by atoms with E-state index in [1.807, 2.05) is 18.2 Å². The van der Waals surface area contributed by atoms with Crippen LogP contribution in [0.25, 0.3) is 0 Å². The van der Waals surface area contributed by atoms with Crippen molar-refractivity contribution in [2.24, 2.45) is 5.16 Å². The minimum Gasteiger partial charge on any atom is -0.396 e. The summed E-state index contributed by atoms with van der Waals surface area (Å²) in [7, 11) is 0. The van der Waals surface area contributed by atoms with Crippen molar-refractivity contribution in [1.82, 2.24) is 0 Å². The predicted molar refractivity (Wildman–Crippen MR) is 57.4 cm³/mol. The zero-order chi connectivity index (χ0) is 9.64. The molecule has 1 heterocycles. The third-order valence-corrected chi connectivity index (χ3v) is 2.43. The van der Waals surface area contributed by atoms with Crippen LogP contribution in [0.15, 0.2) is 35.5 Å². The second-order valence-electron chi connectivity index (χ2n) is 3.55. The molecule has 0 N–H and O–H groups in total. The van der Waals surface area contributed by atoms with E-state index in [0.29, 0.717) is 0 Å². The Morgan fingerprint density at radius 1 is 1.00 bits per heavy atom. The van der Waals surface area contributed by atoms with Gasteiger partial charge >= 0.3 is 0 Å². The molecule has 0 aromatic heterocycles. The fourth-order valence-corrected chi connectivity index (χ4v) is 1.63. The zero-order valence-electron chi connectivity index (χ0n) is 8.28. The molecule has 0 aliphatic carbocycles. The van der Waals surface area contributed by atoms with Gasteiger partial charge in [-0.15, -0.1) is 0 Å². The molecule has 14 heavy (non-hydrogen) atoms. The highest BCUT2D eigenvalue weighted by Gasteiger charge is 2.06. The van der Waals surface area contributed by atoms with E-state index in [-0.39, 0.29) is 0 Å². The SMILES string of the molecule is c1ccc(C2=NOCCCCC2)cc1. The molecule has 1 aliphatic rings. The highest BCUT2D eigenvalue weighted by atomic mass is 16.6. The molecule has 74 valence electrons. The maximum atomic E-state index is 5.23. The first-order valence-electron chi connectivity index (χ1n) is 5.21. The summed E-state index contributed by atoms with van der Waals surface area (Å²) in [6.07, 6.45) is 4.62. The standard InChI is InChI=1S/C12H15NO/c1-3-7-11(8-4-1)12-9-5-2-6-10-14-13-12/h1,3-4,7-8H,2,5-6,9-10H2. The van der Waals surface area contributed by atoms with Crippen molar-refractivity contribution >= 4 is 5.71 Å². The Balaban J connectivity index is 2.15. The first-order chi connectivity index (χ1) is 6.97. The third-order valence-electron chi connectivity index (χ3n) is 2.43. The Morgan fingerprint density at radius 2 is 1.86 bits per heavy atom. The Bertz CT molecular complexity index is 305. The lowest BCUT2D eigenvalue weighted by atomic mass is 10.0. The monoisotopic (exact) mass is 189 g/mol. The van der Waals surface area contributed by atoms with Crippen molar-refractivity contribution in [3.8, 4) is 0 Å². The maximum Gasteiger partial charge on any atom is 0.117 e. The molecule has 0 saturated carbocycles. The van der Waals surface area contributed by atoms with Gasteiger partial charge < -0.3 is 4.84 Å². The fourth-order valence-electron chi connectivity index (χ4n) is 1.63. The van der Waals surface area contributed by atoms with E-state index in [4.69, 9.17) is 4.84 Å². The number of rotatable bonds is 1. The van der Waals surface area contributed by atoms with Gasteiger partial charge in [-0.05, 0) is 31.2 Å². The van der Waals surface area contributed by atoms with Crippen LogP contribution in [0.2, 0.25) is 0 Å². The summed E-state index contributed by atoms with van der Waals surface area (Å²) in [4.78, 5) is 5.23. The number of nitrogens with zero attached hydrogens (tertiary/aromatic N) is 1. The smallest absolute Gasteiger partial charge is 0.117 e. The van der Waals surface area contributed by atoms with E-state index >= 15 is 0 Å². The number of hydrogen-bond acceptors (Lipinski definition) is 2. The summed E-state index contributed by atoms with van der Waals surface area (Å²) < 4.78 is 0. The third kappa shape index (κ3) is 2.34. The summed E-state index contributed by atoms with van der Waals surface area (Å²) in [6.45, 7) is 0.760. The largest absolute Gasteiger partial charge is 0.396 e. The zero-order valence-corrected chi connectivity index (χ0v) is 8.28. The van der Waals surface area contributed by atoms with Gasteiger partial charge in [0.15, 0.2) is 0 Å². The van der Waals surface area contributed by atoms with E-state index in [2.05, 4.69) is 17.3 Å². The fraction of sp³-hybridized carbons (Fsp3) is 0.417. The van der Waals surface area contributed by atoms with Crippen LogP contribution < -0.4 is 0 Å². The predicted octanol–water partition coefficient (Wildman–Crippen LogP) is 2.98. The normalized spacial score (nSPS) is 17.6. The summed E-state index contributed by atoms with van der Waals surface area (Å²) in [5.41, 5.74) is 2.28. The molecule has 0 saturated heterocycles. The van der Waals surface area contributed by atoms with Crippen LogP contribution in [0.1, 0.15) is 31.2 Å². The molecule has 0 amide bonds. The van der Waals surface area contributed by atoms with Crippen molar-refractivity contribution < 1.29 is 4.84 Å². The Kier molecular flexibility index (Phi) is 3.17. The van der Waals surface area contributed by atoms with Gasteiger partial charge in [-0.2, -0.15) is 0 Å². The molecular formula is C12H15NO. The highest BCUT2D eigenvalue weighted by molar-refractivity contribution is 6.00. The van der Waals surface area contributed by atoms with Gasteiger partial charge in [-0.3, -0.25) is 0 Å². The second kappa shape index (κ2) is 4.80. The maximum absolute atomic E-state index is 5.23. The molecule has 0 fully saturated rings. The molecule has 1 aliphatic heterocycles. The summed E-state index contributed by atoms with van der Waals surface area (Å²) in [5, 5.41) is 4.17. The van der Waals surface area contributed by atoms with Gasteiger partial charge in [0.2, 0.25) is 0 Å². The van der Waals surface area contributed by atoms with Crippen molar-refractivity contribution in [2.75, 3.05) is 6.61 Å². The molecule has 1 aromatic rings. The van der Waals surface area contributed by atoms with Crippen molar-refractivity contribution in [3.63, 3.8) is 0 Å². The quantitative estimate of drug-likeness (QED) is 0.665. The molecule has 0 radical (unpaired) electrons. The van der Waals surface area contributed by atoms with Crippen LogP contribution >= 0.6 is 0 Å². The molecule has 0 unspecified atom stereocenters. The van der Waals surface area contributed by atoms with Crippen LogP contribution in [0, 0.1) is 0 Å².